The average molecular weight is 302 g/mol. The molecule has 112 valence electrons. The molecule has 0 aliphatic heterocycles. The summed E-state index contributed by atoms with van der Waals surface area (Å²) in [5.74, 6) is 0.110. The lowest BCUT2D eigenvalue weighted by molar-refractivity contribution is -0.140. The summed E-state index contributed by atoms with van der Waals surface area (Å²) in [6.45, 7) is 1.83. The predicted octanol–water partition coefficient (Wildman–Crippen LogP) is -0.386. The standard InChI is InChI=1S/C11H18N4O4S/c1-9-12-6-4-10(14-9)8-13-20(17,18)15(2)7-5-11(16)19-3/h4,6,13H,5,7-8H2,1-3H3. The van der Waals surface area contributed by atoms with Crippen molar-refractivity contribution < 1.29 is 17.9 Å². The average Bonchev–Trinajstić information content (AvgIpc) is 2.42. The van der Waals surface area contributed by atoms with Crippen LogP contribution in [0.25, 0.3) is 0 Å². The minimum Gasteiger partial charge on any atom is -0.469 e. The highest BCUT2D eigenvalue weighted by Gasteiger charge is 2.18. The molecule has 1 heterocycles. The summed E-state index contributed by atoms with van der Waals surface area (Å²) < 4.78 is 31.7. The van der Waals surface area contributed by atoms with E-state index in [2.05, 4.69) is 19.4 Å². The Morgan fingerprint density at radius 2 is 2.20 bits per heavy atom. The number of nitrogens with zero attached hydrogens (tertiary/aromatic N) is 3. The number of ether oxygens (including phenoxy) is 1. The highest BCUT2D eigenvalue weighted by atomic mass is 32.2. The number of nitrogens with one attached hydrogen (secondary N) is 1. The maximum atomic E-state index is 11.9. The van der Waals surface area contributed by atoms with Crippen molar-refractivity contribution in [3.63, 3.8) is 0 Å². The maximum Gasteiger partial charge on any atom is 0.306 e. The molecule has 9 heteroatoms. The van der Waals surface area contributed by atoms with Crippen LogP contribution in [0.2, 0.25) is 0 Å². The van der Waals surface area contributed by atoms with Gasteiger partial charge in [-0.25, -0.2) is 9.97 Å². The number of hydrogen-bond acceptors (Lipinski definition) is 6. The molecule has 1 aromatic heterocycles. The van der Waals surface area contributed by atoms with Crippen LogP contribution < -0.4 is 4.72 Å². The van der Waals surface area contributed by atoms with E-state index in [-0.39, 0.29) is 19.5 Å². The smallest absolute Gasteiger partial charge is 0.306 e. The van der Waals surface area contributed by atoms with Crippen molar-refractivity contribution in [2.24, 2.45) is 0 Å². The summed E-state index contributed by atoms with van der Waals surface area (Å²) in [4.78, 5) is 19.0. The van der Waals surface area contributed by atoms with Crippen LogP contribution in [0.5, 0.6) is 0 Å². The second-order valence-corrected chi connectivity index (χ2v) is 5.93. The van der Waals surface area contributed by atoms with Crippen LogP contribution >= 0.6 is 0 Å². The number of carbonyl (C=O) groups excluding carboxylic acids is 1. The van der Waals surface area contributed by atoms with E-state index in [0.29, 0.717) is 11.5 Å². The molecule has 1 rings (SSSR count). The fourth-order valence-corrected chi connectivity index (χ4v) is 2.23. The van der Waals surface area contributed by atoms with Gasteiger partial charge in [-0.05, 0) is 13.0 Å². The van der Waals surface area contributed by atoms with Crippen LogP contribution in [0.15, 0.2) is 12.3 Å². The number of aromatic nitrogens is 2. The summed E-state index contributed by atoms with van der Waals surface area (Å²) in [5, 5.41) is 0. The first-order chi connectivity index (χ1) is 9.35. The molecule has 0 fully saturated rings. The van der Waals surface area contributed by atoms with Crippen LogP contribution in [-0.2, 0) is 26.3 Å². The number of rotatable bonds is 7. The van der Waals surface area contributed by atoms with Crippen molar-refractivity contribution in [2.75, 3.05) is 20.7 Å². The summed E-state index contributed by atoms with van der Waals surface area (Å²) in [7, 11) is -1.02. The zero-order valence-corrected chi connectivity index (χ0v) is 12.5. The molecule has 0 atom stereocenters. The van der Waals surface area contributed by atoms with Gasteiger partial charge in [0.25, 0.3) is 10.2 Å². The number of hydrogen-bond donors (Lipinski definition) is 1. The molecule has 0 aliphatic rings. The van der Waals surface area contributed by atoms with Crippen LogP contribution in [0.4, 0.5) is 0 Å². The Morgan fingerprint density at radius 3 is 2.80 bits per heavy atom. The summed E-state index contributed by atoms with van der Waals surface area (Å²) >= 11 is 0. The molecule has 0 aliphatic carbocycles. The Balaban J connectivity index is 2.54. The Bertz CT molecular complexity index is 561. The van der Waals surface area contributed by atoms with Gasteiger partial charge < -0.3 is 4.74 Å². The fraction of sp³-hybridized carbons (Fsp3) is 0.545. The third-order valence-corrected chi connectivity index (χ3v) is 4.05. The molecule has 1 aromatic rings. The molecule has 0 radical (unpaired) electrons. The van der Waals surface area contributed by atoms with Gasteiger partial charge in [0, 0.05) is 19.8 Å². The molecule has 0 spiro atoms. The predicted molar refractivity (Wildman–Crippen MR) is 71.8 cm³/mol. The van der Waals surface area contributed by atoms with Gasteiger partial charge >= 0.3 is 5.97 Å². The number of carbonyl (C=O) groups is 1. The molecule has 0 aromatic carbocycles. The molecular weight excluding hydrogens is 284 g/mol. The summed E-state index contributed by atoms with van der Waals surface area (Å²) in [6, 6.07) is 1.63. The van der Waals surface area contributed by atoms with E-state index in [9.17, 15) is 13.2 Å². The second kappa shape index (κ2) is 7.27. The highest BCUT2D eigenvalue weighted by molar-refractivity contribution is 7.87. The van der Waals surface area contributed by atoms with Gasteiger partial charge in [-0.3, -0.25) is 4.79 Å². The lowest BCUT2D eigenvalue weighted by Crippen LogP contribution is -2.39. The van der Waals surface area contributed by atoms with Crippen LogP contribution in [0.1, 0.15) is 17.9 Å². The first-order valence-electron chi connectivity index (χ1n) is 5.91. The Hall–Kier alpha value is -1.58. The number of methoxy groups -OCH3 is 1. The monoisotopic (exact) mass is 302 g/mol. The zero-order chi connectivity index (χ0) is 15.2. The van der Waals surface area contributed by atoms with Crippen molar-refractivity contribution in [1.82, 2.24) is 19.0 Å². The van der Waals surface area contributed by atoms with E-state index in [1.54, 1.807) is 19.2 Å². The molecule has 0 saturated carbocycles. The van der Waals surface area contributed by atoms with E-state index in [0.717, 1.165) is 4.31 Å². The summed E-state index contributed by atoms with van der Waals surface area (Å²) in [6.07, 6.45) is 1.56. The van der Waals surface area contributed by atoms with Crippen LogP contribution in [0, 0.1) is 6.92 Å². The third kappa shape index (κ3) is 5.19. The number of aryl methyl sites for hydroxylation is 1. The van der Waals surface area contributed by atoms with Crippen molar-refractivity contribution in [3.05, 3.63) is 23.8 Å². The lowest BCUT2D eigenvalue weighted by atomic mass is 10.4. The molecule has 0 unspecified atom stereocenters. The van der Waals surface area contributed by atoms with E-state index < -0.39 is 16.2 Å². The highest BCUT2D eigenvalue weighted by Crippen LogP contribution is 2.00. The molecule has 20 heavy (non-hydrogen) atoms. The summed E-state index contributed by atoms with van der Waals surface area (Å²) in [5.41, 5.74) is 0.572. The first-order valence-corrected chi connectivity index (χ1v) is 7.35. The van der Waals surface area contributed by atoms with Crippen molar-refractivity contribution in [1.29, 1.82) is 0 Å². The van der Waals surface area contributed by atoms with E-state index in [1.807, 2.05) is 0 Å². The fourth-order valence-electron chi connectivity index (χ4n) is 1.35. The molecule has 0 amide bonds. The number of esters is 1. The van der Waals surface area contributed by atoms with Crippen LogP contribution in [-0.4, -0.2) is 49.4 Å². The van der Waals surface area contributed by atoms with Gasteiger partial charge in [-0.15, -0.1) is 0 Å². The normalized spacial score (nSPS) is 11.6. The van der Waals surface area contributed by atoms with Gasteiger partial charge in [0.2, 0.25) is 0 Å². The Morgan fingerprint density at radius 1 is 1.50 bits per heavy atom. The van der Waals surface area contributed by atoms with E-state index >= 15 is 0 Å². The first kappa shape index (κ1) is 16.5. The third-order valence-electron chi connectivity index (χ3n) is 2.54. The lowest BCUT2D eigenvalue weighted by Gasteiger charge is -2.16. The van der Waals surface area contributed by atoms with Gasteiger partial charge in [0.1, 0.15) is 5.82 Å². The largest absolute Gasteiger partial charge is 0.469 e. The van der Waals surface area contributed by atoms with Crippen molar-refractivity contribution in [2.45, 2.75) is 19.9 Å². The van der Waals surface area contributed by atoms with Gasteiger partial charge in [0.05, 0.1) is 25.8 Å². The second-order valence-electron chi connectivity index (χ2n) is 4.07. The van der Waals surface area contributed by atoms with Crippen molar-refractivity contribution in [3.8, 4) is 0 Å². The van der Waals surface area contributed by atoms with Gasteiger partial charge in [-0.2, -0.15) is 17.4 Å². The molecule has 1 N–H and O–H groups in total. The minimum absolute atomic E-state index is 0.000521. The van der Waals surface area contributed by atoms with Gasteiger partial charge in [-0.1, -0.05) is 0 Å². The molecule has 0 bridgehead atoms. The van der Waals surface area contributed by atoms with Crippen molar-refractivity contribution >= 4 is 16.2 Å². The Kier molecular flexibility index (Phi) is 5.99. The van der Waals surface area contributed by atoms with Gasteiger partial charge in [0.15, 0.2) is 0 Å². The zero-order valence-electron chi connectivity index (χ0n) is 11.7. The Labute approximate surface area is 118 Å². The quantitative estimate of drug-likeness (QED) is 0.689. The topological polar surface area (TPSA) is 101 Å². The van der Waals surface area contributed by atoms with Crippen LogP contribution in [0.3, 0.4) is 0 Å². The van der Waals surface area contributed by atoms with E-state index in [1.165, 1.54) is 14.2 Å². The molecule has 0 saturated heterocycles. The minimum atomic E-state index is -3.66. The van der Waals surface area contributed by atoms with E-state index in [4.69, 9.17) is 0 Å². The molecular formula is C11H18N4O4S. The molecule has 8 nitrogen and oxygen atoms in total. The SMILES string of the molecule is COC(=O)CCN(C)S(=O)(=O)NCc1ccnc(C)n1. The maximum absolute atomic E-state index is 11.9.